The number of amides is 2. The number of para-hydroxylation sites is 2. The van der Waals surface area contributed by atoms with Gasteiger partial charge in [-0.15, -0.1) is 11.3 Å². The van der Waals surface area contributed by atoms with Crippen molar-refractivity contribution < 1.29 is 23.9 Å². The zero-order valence-electron chi connectivity index (χ0n) is 16.9. The monoisotopic (exact) mass is 458 g/mol. The summed E-state index contributed by atoms with van der Waals surface area (Å²) < 4.78 is 10.1. The van der Waals surface area contributed by atoms with Crippen molar-refractivity contribution in [3.8, 4) is 5.75 Å². The lowest BCUT2D eigenvalue weighted by atomic mass is 10.1. The molecule has 0 aliphatic carbocycles. The maximum atomic E-state index is 12.9. The quantitative estimate of drug-likeness (QED) is 0.506. The number of nitrogens with one attached hydrogen (secondary N) is 2. The number of methoxy groups -OCH3 is 2. The Labute approximate surface area is 187 Å². The van der Waals surface area contributed by atoms with Crippen molar-refractivity contribution in [3.63, 3.8) is 0 Å². The molecule has 1 heterocycles. The number of ether oxygens (including phenoxy) is 2. The summed E-state index contributed by atoms with van der Waals surface area (Å²) in [5.74, 6) is -1.05. The third kappa shape index (κ3) is 4.87. The van der Waals surface area contributed by atoms with Crippen molar-refractivity contribution in [3.05, 3.63) is 75.1 Å². The molecule has 0 aliphatic rings. The number of rotatable bonds is 6. The molecule has 2 aromatic carbocycles. The van der Waals surface area contributed by atoms with Gasteiger partial charge < -0.3 is 20.1 Å². The molecule has 0 radical (unpaired) electrons. The summed E-state index contributed by atoms with van der Waals surface area (Å²) >= 11 is 6.85. The molecule has 2 N–H and O–H groups in total. The first kappa shape index (κ1) is 22.3. The Morgan fingerprint density at radius 3 is 2.26 bits per heavy atom. The molecule has 0 fully saturated rings. The first-order valence-corrected chi connectivity index (χ1v) is 10.3. The van der Waals surface area contributed by atoms with Crippen LogP contribution in [0.1, 0.15) is 36.0 Å². The Hall–Kier alpha value is -3.36. The average molecular weight is 459 g/mol. The molecule has 9 heteroatoms. The van der Waals surface area contributed by atoms with Gasteiger partial charge in [-0.1, -0.05) is 23.7 Å². The molecule has 0 atom stereocenters. The Kier molecular flexibility index (Phi) is 6.94. The predicted molar refractivity (Wildman–Crippen MR) is 121 cm³/mol. The van der Waals surface area contributed by atoms with E-state index in [4.69, 9.17) is 21.1 Å². The molecule has 7 nitrogen and oxygen atoms in total. The number of benzene rings is 2. The van der Waals surface area contributed by atoms with Crippen LogP contribution in [0.15, 0.2) is 48.5 Å². The van der Waals surface area contributed by atoms with Crippen LogP contribution in [0.5, 0.6) is 5.75 Å². The summed E-state index contributed by atoms with van der Waals surface area (Å²) in [5, 5.41) is 6.18. The number of anilines is 2. The van der Waals surface area contributed by atoms with E-state index in [1.54, 1.807) is 55.5 Å². The summed E-state index contributed by atoms with van der Waals surface area (Å²) in [5.41, 5.74) is 1.36. The van der Waals surface area contributed by atoms with Crippen LogP contribution in [0, 0.1) is 6.92 Å². The largest absolute Gasteiger partial charge is 0.495 e. The van der Waals surface area contributed by atoms with Crippen LogP contribution in [0.25, 0.3) is 0 Å². The second-order valence-electron chi connectivity index (χ2n) is 6.37. The Bertz CT molecular complexity index is 1140. The molecular weight excluding hydrogens is 440 g/mol. The van der Waals surface area contributed by atoms with Crippen LogP contribution in [-0.4, -0.2) is 32.0 Å². The van der Waals surface area contributed by atoms with Crippen molar-refractivity contribution in [2.45, 2.75) is 6.92 Å². The smallest absolute Gasteiger partial charge is 0.341 e. The Morgan fingerprint density at radius 2 is 1.61 bits per heavy atom. The van der Waals surface area contributed by atoms with Crippen molar-refractivity contribution >= 4 is 51.4 Å². The van der Waals surface area contributed by atoms with E-state index in [1.807, 2.05) is 0 Å². The third-order valence-corrected chi connectivity index (χ3v) is 5.89. The molecule has 0 saturated carbocycles. The Morgan fingerprint density at radius 1 is 0.935 bits per heavy atom. The standard InChI is InChI=1S/C22H19ClN2O5S/c1-12-17(22(28)30-3)21(25-19(26)13-8-10-14(23)11-9-13)31-18(12)20(27)24-15-6-4-5-7-16(15)29-2/h4-11H,1-3H3,(H,24,27)(H,25,26). The van der Waals surface area contributed by atoms with E-state index in [1.165, 1.54) is 14.2 Å². The minimum absolute atomic E-state index is 0.125. The van der Waals surface area contributed by atoms with E-state index in [-0.39, 0.29) is 15.4 Å². The van der Waals surface area contributed by atoms with Gasteiger partial charge in [-0.2, -0.15) is 0 Å². The fraction of sp³-hybridized carbons (Fsp3) is 0.136. The van der Waals surface area contributed by atoms with E-state index >= 15 is 0 Å². The van der Waals surface area contributed by atoms with Crippen LogP contribution in [0.4, 0.5) is 10.7 Å². The van der Waals surface area contributed by atoms with E-state index in [0.29, 0.717) is 27.6 Å². The summed E-state index contributed by atoms with van der Waals surface area (Å²) in [6, 6.07) is 13.3. The van der Waals surface area contributed by atoms with Gasteiger partial charge in [-0.3, -0.25) is 9.59 Å². The molecule has 0 aliphatic heterocycles. The van der Waals surface area contributed by atoms with Gasteiger partial charge in [0.15, 0.2) is 0 Å². The minimum Gasteiger partial charge on any atom is -0.495 e. The lowest BCUT2D eigenvalue weighted by Gasteiger charge is -2.09. The molecule has 31 heavy (non-hydrogen) atoms. The molecule has 2 amide bonds. The molecule has 160 valence electrons. The fourth-order valence-electron chi connectivity index (χ4n) is 2.87. The number of carbonyl (C=O) groups is 3. The maximum Gasteiger partial charge on any atom is 0.341 e. The molecule has 1 aromatic heterocycles. The number of hydrogen-bond acceptors (Lipinski definition) is 6. The van der Waals surface area contributed by atoms with Gasteiger partial charge in [0, 0.05) is 10.6 Å². The topological polar surface area (TPSA) is 93.7 Å². The van der Waals surface area contributed by atoms with Crippen LogP contribution in [0.2, 0.25) is 5.02 Å². The van der Waals surface area contributed by atoms with Gasteiger partial charge in [0.2, 0.25) is 0 Å². The highest BCUT2D eigenvalue weighted by atomic mass is 35.5. The molecule has 0 spiro atoms. The molecule has 3 aromatic rings. The number of carbonyl (C=O) groups excluding carboxylic acids is 3. The van der Waals surface area contributed by atoms with Gasteiger partial charge in [0.25, 0.3) is 11.8 Å². The van der Waals surface area contributed by atoms with Gasteiger partial charge >= 0.3 is 5.97 Å². The highest BCUT2D eigenvalue weighted by Gasteiger charge is 2.27. The number of halogens is 1. The second kappa shape index (κ2) is 9.63. The van der Waals surface area contributed by atoms with Crippen LogP contribution >= 0.6 is 22.9 Å². The average Bonchev–Trinajstić information content (AvgIpc) is 3.09. The molecule has 3 rings (SSSR count). The van der Waals surface area contributed by atoms with E-state index in [2.05, 4.69) is 10.6 Å². The normalized spacial score (nSPS) is 10.3. The molecular formula is C22H19ClN2O5S. The molecule has 0 unspecified atom stereocenters. The predicted octanol–water partition coefficient (Wildman–Crippen LogP) is 5.01. The van der Waals surface area contributed by atoms with Gasteiger partial charge in [-0.05, 0) is 48.9 Å². The van der Waals surface area contributed by atoms with Gasteiger partial charge in [0.1, 0.15) is 10.8 Å². The maximum absolute atomic E-state index is 12.9. The highest BCUT2D eigenvalue weighted by Crippen LogP contribution is 2.35. The second-order valence-corrected chi connectivity index (χ2v) is 7.82. The lowest BCUT2D eigenvalue weighted by Crippen LogP contribution is -2.14. The van der Waals surface area contributed by atoms with Crippen LogP contribution in [0.3, 0.4) is 0 Å². The van der Waals surface area contributed by atoms with Crippen molar-refractivity contribution in [2.24, 2.45) is 0 Å². The summed E-state index contributed by atoms with van der Waals surface area (Å²) in [7, 11) is 2.74. The van der Waals surface area contributed by atoms with E-state index in [0.717, 1.165) is 11.3 Å². The zero-order valence-corrected chi connectivity index (χ0v) is 18.5. The number of esters is 1. The molecule has 0 saturated heterocycles. The minimum atomic E-state index is -0.656. The summed E-state index contributed by atoms with van der Waals surface area (Å²) in [6.07, 6.45) is 0. The summed E-state index contributed by atoms with van der Waals surface area (Å²) in [4.78, 5) is 38.2. The zero-order chi connectivity index (χ0) is 22.5. The Balaban J connectivity index is 1.94. The molecule has 0 bridgehead atoms. The van der Waals surface area contributed by atoms with Gasteiger partial charge in [-0.25, -0.2) is 4.79 Å². The SMILES string of the molecule is COC(=O)c1c(NC(=O)c2ccc(Cl)cc2)sc(C(=O)Nc2ccccc2OC)c1C. The first-order valence-electron chi connectivity index (χ1n) is 9.08. The fourth-order valence-corrected chi connectivity index (χ4v) is 4.08. The van der Waals surface area contributed by atoms with Crippen molar-refractivity contribution in [2.75, 3.05) is 24.9 Å². The van der Waals surface area contributed by atoms with Crippen LogP contribution in [-0.2, 0) is 4.74 Å². The van der Waals surface area contributed by atoms with Crippen molar-refractivity contribution in [1.82, 2.24) is 0 Å². The highest BCUT2D eigenvalue weighted by molar-refractivity contribution is 7.19. The van der Waals surface area contributed by atoms with Crippen LogP contribution < -0.4 is 15.4 Å². The number of thiophene rings is 1. The summed E-state index contributed by atoms with van der Waals surface area (Å²) in [6.45, 7) is 1.62. The number of hydrogen-bond donors (Lipinski definition) is 2. The lowest BCUT2D eigenvalue weighted by molar-refractivity contribution is 0.0601. The van der Waals surface area contributed by atoms with E-state index < -0.39 is 17.8 Å². The van der Waals surface area contributed by atoms with E-state index in [9.17, 15) is 14.4 Å². The third-order valence-electron chi connectivity index (χ3n) is 4.43. The first-order chi connectivity index (χ1) is 14.8. The van der Waals surface area contributed by atoms with Gasteiger partial charge in [0.05, 0.1) is 30.3 Å². The van der Waals surface area contributed by atoms with Crippen molar-refractivity contribution in [1.29, 1.82) is 0 Å².